The molecule has 0 fully saturated rings. The van der Waals surface area contributed by atoms with Gasteiger partial charge in [0, 0.05) is 18.8 Å². The fraction of sp³-hybridized carbons (Fsp3) is 0.381. The van der Waals surface area contributed by atoms with Gasteiger partial charge >= 0.3 is 0 Å². The Bertz CT molecular complexity index is 1000. The second-order valence-corrected chi connectivity index (χ2v) is 8.68. The SMILES string of the molecule is CCN(CC)S(=O)(=O)c1cc(NC(=O)Cc2ccc3c(c2)OCCO3)ccc1C. The third kappa shape index (κ3) is 4.71. The summed E-state index contributed by atoms with van der Waals surface area (Å²) in [7, 11) is -3.61. The molecule has 0 aliphatic carbocycles. The average Bonchev–Trinajstić information content (AvgIpc) is 2.70. The van der Waals surface area contributed by atoms with Gasteiger partial charge in [0.15, 0.2) is 11.5 Å². The molecule has 1 heterocycles. The zero-order chi connectivity index (χ0) is 21.0. The van der Waals surface area contributed by atoms with Crippen LogP contribution in [0.15, 0.2) is 41.3 Å². The monoisotopic (exact) mass is 418 g/mol. The van der Waals surface area contributed by atoms with E-state index in [-0.39, 0.29) is 17.2 Å². The number of carbonyl (C=O) groups excluding carboxylic acids is 1. The Labute approximate surface area is 171 Å². The lowest BCUT2D eigenvalue weighted by Gasteiger charge is -2.20. The Hall–Kier alpha value is -2.58. The zero-order valence-electron chi connectivity index (χ0n) is 16.9. The van der Waals surface area contributed by atoms with Crippen molar-refractivity contribution >= 4 is 21.6 Å². The van der Waals surface area contributed by atoms with E-state index >= 15 is 0 Å². The van der Waals surface area contributed by atoms with Crippen molar-refractivity contribution in [3.8, 4) is 11.5 Å². The van der Waals surface area contributed by atoms with Gasteiger partial charge in [-0.3, -0.25) is 4.79 Å². The van der Waals surface area contributed by atoms with Crippen LogP contribution in [0.1, 0.15) is 25.0 Å². The number of aryl methyl sites for hydroxylation is 1. The molecule has 0 unspecified atom stereocenters. The van der Waals surface area contributed by atoms with E-state index in [1.54, 1.807) is 45.0 Å². The van der Waals surface area contributed by atoms with Crippen molar-refractivity contribution in [1.82, 2.24) is 4.31 Å². The number of ether oxygens (including phenoxy) is 2. The van der Waals surface area contributed by atoms with E-state index < -0.39 is 10.0 Å². The Morgan fingerprint density at radius 1 is 1.03 bits per heavy atom. The van der Waals surface area contributed by atoms with Gasteiger partial charge in [0.25, 0.3) is 0 Å². The number of hydrogen-bond acceptors (Lipinski definition) is 5. The molecule has 0 aromatic heterocycles. The molecule has 156 valence electrons. The first-order valence-electron chi connectivity index (χ1n) is 9.64. The molecule has 0 atom stereocenters. The van der Waals surface area contributed by atoms with Gasteiger partial charge in [-0.05, 0) is 42.3 Å². The fourth-order valence-corrected chi connectivity index (χ4v) is 4.96. The normalized spacial score (nSPS) is 13.4. The number of amides is 1. The average molecular weight is 419 g/mol. The number of nitrogens with zero attached hydrogens (tertiary/aromatic N) is 1. The lowest BCUT2D eigenvalue weighted by Crippen LogP contribution is -2.31. The predicted molar refractivity (Wildman–Crippen MR) is 111 cm³/mol. The maximum atomic E-state index is 12.9. The molecule has 0 saturated carbocycles. The number of rotatable bonds is 7. The molecule has 1 amide bonds. The molecule has 2 aromatic rings. The molecule has 0 spiro atoms. The van der Waals surface area contributed by atoms with Crippen molar-refractivity contribution in [2.45, 2.75) is 32.1 Å². The van der Waals surface area contributed by atoms with E-state index in [2.05, 4.69) is 5.32 Å². The van der Waals surface area contributed by atoms with Crippen LogP contribution in [0, 0.1) is 6.92 Å². The molecule has 0 bridgehead atoms. The molecule has 1 aliphatic heterocycles. The third-order valence-electron chi connectivity index (χ3n) is 4.77. The van der Waals surface area contributed by atoms with E-state index in [1.165, 1.54) is 10.4 Å². The van der Waals surface area contributed by atoms with Gasteiger partial charge in [0.1, 0.15) is 13.2 Å². The van der Waals surface area contributed by atoms with Crippen LogP contribution in [-0.2, 0) is 21.2 Å². The van der Waals surface area contributed by atoms with Gasteiger partial charge in [-0.2, -0.15) is 4.31 Å². The van der Waals surface area contributed by atoms with Crippen LogP contribution in [0.5, 0.6) is 11.5 Å². The van der Waals surface area contributed by atoms with Crippen LogP contribution < -0.4 is 14.8 Å². The van der Waals surface area contributed by atoms with Gasteiger partial charge in [-0.1, -0.05) is 26.0 Å². The molecule has 1 aliphatic rings. The summed E-state index contributed by atoms with van der Waals surface area (Å²) in [6.07, 6.45) is 0.142. The Morgan fingerprint density at radius 2 is 1.72 bits per heavy atom. The van der Waals surface area contributed by atoms with Crippen molar-refractivity contribution in [1.29, 1.82) is 0 Å². The van der Waals surface area contributed by atoms with Gasteiger partial charge in [0.2, 0.25) is 15.9 Å². The smallest absolute Gasteiger partial charge is 0.243 e. The van der Waals surface area contributed by atoms with Crippen LogP contribution in [0.4, 0.5) is 5.69 Å². The largest absolute Gasteiger partial charge is 0.486 e. The second-order valence-electron chi connectivity index (χ2n) is 6.77. The van der Waals surface area contributed by atoms with Gasteiger partial charge in [-0.25, -0.2) is 8.42 Å². The number of sulfonamides is 1. The minimum absolute atomic E-state index is 0.142. The predicted octanol–water partition coefficient (Wildman–Crippen LogP) is 2.98. The third-order valence-corrected chi connectivity index (χ3v) is 6.96. The molecule has 7 nitrogen and oxygen atoms in total. The Balaban J connectivity index is 1.76. The molecule has 0 saturated heterocycles. The highest BCUT2D eigenvalue weighted by molar-refractivity contribution is 7.89. The zero-order valence-corrected chi connectivity index (χ0v) is 17.7. The molecule has 0 radical (unpaired) electrons. The lowest BCUT2D eigenvalue weighted by atomic mass is 10.1. The number of benzene rings is 2. The van der Waals surface area contributed by atoms with Gasteiger partial charge in [0.05, 0.1) is 11.3 Å². The summed E-state index contributed by atoms with van der Waals surface area (Å²) in [5, 5.41) is 2.79. The minimum Gasteiger partial charge on any atom is -0.486 e. The molecule has 29 heavy (non-hydrogen) atoms. The summed E-state index contributed by atoms with van der Waals surface area (Å²) < 4.78 is 38.2. The van der Waals surface area contributed by atoms with E-state index in [4.69, 9.17) is 9.47 Å². The minimum atomic E-state index is -3.61. The van der Waals surface area contributed by atoms with E-state index in [1.807, 2.05) is 6.07 Å². The molecular weight excluding hydrogens is 392 g/mol. The van der Waals surface area contributed by atoms with Crippen molar-refractivity contribution < 1.29 is 22.7 Å². The number of carbonyl (C=O) groups is 1. The maximum absolute atomic E-state index is 12.9. The Morgan fingerprint density at radius 3 is 2.41 bits per heavy atom. The lowest BCUT2D eigenvalue weighted by molar-refractivity contribution is -0.115. The van der Waals surface area contributed by atoms with Crippen LogP contribution in [-0.4, -0.2) is 44.9 Å². The summed E-state index contributed by atoms with van der Waals surface area (Å²) in [6.45, 7) is 7.12. The quantitative estimate of drug-likeness (QED) is 0.747. The van der Waals surface area contributed by atoms with Crippen LogP contribution in [0.25, 0.3) is 0 Å². The summed E-state index contributed by atoms with van der Waals surface area (Å²) in [6, 6.07) is 10.3. The number of fused-ring (bicyclic) bond motifs is 1. The highest BCUT2D eigenvalue weighted by Gasteiger charge is 2.24. The Kier molecular flexibility index (Phi) is 6.44. The summed E-state index contributed by atoms with van der Waals surface area (Å²) in [4.78, 5) is 12.7. The molecule has 2 aromatic carbocycles. The van der Waals surface area contributed by atoms with Crippen molar-refractivity contribution in [3.63, 3.8) is 0 Å². The first-order chi connectivity index (χ1) is 13.8. The first-order valence-corrected chi connectivity index (χ1v) is 11.1. The summed E-state index contributed by atoms with van der Waals surface area (Å²) >= 11 is 0. The van der Waals surface area contributed by atoms with E-state index in [0.29, 0.717) is 49.1 Å². The molecule has 3 rings (SSSR count). The molecular formula is C21H26N2O5S. The molecule has 8 heteroatoms. The highest BCUT2D eigenvalue weighted by atomic mass is 32.2. The first kappa shape index (κ1) is 21.1. The van der Waals surface area contributed by atoms with Crippen LogP contribution in [0.2, 0.25) is 0 Å². The van der Waals surface area contributed by atoms with Gasteiger partial charge in [-0.15, -0.1) is 0 Å². The van der Waals surface area contributed by atoms with Crippen LogP contribution >= 0.6 is 0 Å². The van der Waals surface area contributed by atoms with E-state index in [9.17, 15) is 13.2 Å². The number of nitrogens with one attached hydrogen (secondary N) is 1. The standard InChI is InChI=1S/C21H26N2O5S/c1-4-23(5-2)29(25,26)20-14-17(8-6-15(20)3)22-21(24)13-16-7-9-18-19(12-16)28-11-10-27-18/h6-9,12,14H,4-5,10-11,13H2,1-3H3,(H,22,24). The van der Waals surface area contributed by atoms with Crippen molar-refractivity contribution in [3.05, 3.63) is 47.5 Å². The van der Waals surface area contributed by atoms with Crippen LogP contribution in [0.3, 0.4) is 0 Å². The maximum Gasteiger partial charge on any atom is 0.243 e. The second kappa shape index (κ2) is 8.84. The molecule has 1 N–H and O–H groups in total. The van der Waals surface area contributed by atoms with Gasteiger partial charge < -0.3 is 14.8 Å². The summed E-state index contributed by atoms with van der Waals surface area (Å²) in [5.74, 6) is 1.06. The fourth-order valence-electron chi connectivity index (χ4n) is 3.25. The topological polar surface area (TPSA) is 84.9 Å². The van der Waals surface area contributed by atoms with Crippen molar-refractivity contribution in [2.24, 2.45) is 0 Å². The highest BCUT2D eigenvalue weighted by Crippen LogP contribution is 2.31. The number of hydrogen-bond donors (Lipinski definition) is 1. The summed E-state index contributed by atoms with van der Waals surface area (Å²) in [5.41, 5.74) is 1.88. The number of anilines is 1. The van der Waals surface area contributed by atoms with Crippen molar-refractivity contribution in [2.75, 3.05) is 31.6 Å². The van der Waals surface area contributed by atoms with E-state index in [0.717, 1.165) is 5.56 Å².